The van der Waals surface area contributed by atoms with E-state index in [0.717, 1.165) is 4.57 Å². The molecule has 0 aliphatic rings. The fraction of sp³-hybridized carbons (Fsp3) is 0.150. The molecule has 0 atom stereocenters. The fourth-order valence-corrected chi connectivity index (χ4v) is 3.21. The number of nitrogens with zero attached hydrogens (tertiary/aromatic N) is 4. The normalized spacial score (nSPS) is 11.1. The molecule has 6 nitrogen and oxygen atoms in total. The van der Waals surface area contributed by atoms with E-state index in [1.807, 2.05) is 10.8 Å². The summed E-state index contributed by atoms with van der Waals surface area (Å²) in [5.41, 5.74) is -0.562. The molecular weight excluding hydrogens is 347 g/mol. The number of fused-ring (bicyclic) bond motifs is 1. The molecule has 2 heterocycles. The van der Waals surface area contributed by atoms with Gasteiger partial charge in [-0.1, -0.05) is 24.3 Å². The summed E-state index contributed by atoms with van der Waals surface area (Å²) in [6.45, 7) is 1.08. The first-order valence-electron chi connectivity index (χ1n) is 8.62. The molecule has 0 amide bonds. The molecule has 0 radical (unpaired) electrons. The van der Waals surface area contributed by atoms with Gasteiger partial charge in [0.2, 0.25) is 0 Å². The van der Waals surface area contributed by atoms with Gasteiger partial charge >= 0.3 is 5.69 Å². The van der Waals surface area contributed by atoms with Crippen LogP contribution in [-0.4, -0.2) is 18.7 Å². The molecule has 0 saturated carbocycles. The van der Waals surface area contributed by atoms with Crippen molar-refractivity contribution in [2.75, 3.05) is 0 Å². The van der Waals surface area contributed by atoms with Crippen LogP contribution in [0.5, 0.6) is 0 Å². The van der Waals surface area contributed by atoms with Gasteiger partial charge in [0.25, 0.3) is 5.56 Å². The molecule has 4 rings (SSSR count). The van der Waals surface area contributed by atoms with Crippen LogP contribution in [0.2, 0.25) is 0 Å². The Morgan fingerprint density at radius 2 is 1.74 bits per heavy atom. The van der Waals surface area contributed by atoms with Gasteiger partial charge in [-0.25, -0.2) is 18.7 Å². The topological polar surface area (TPSA) is 61.8 Å². The molecule has 0 bridgehead atoms. The van der Waals surface area contributed by atoms with Crippen molar-refractivity contribution in [3.05, 3.63) is 93.9 Å². The van der Waals surface area contributed by atoms with Gasteiger partial charge < -0.3 is 4.57 Å². The molecule has 0 fully saturated rings. The van der Waals surface area contributed by atoms with Crippen molar-refractivity contribution in [3.8, 4) is 5.69 Å². The zero-order chi connectivity index (χ0) is 18.8. The van der Waals surface area contributed by atoms with E-state index in [1.165, 1.54) is 22.8 Å². The Labute approximate surface area is 153 Å². The number of aryl methyl sites for hydroxylation is 2. The Bertz CT molecular complexity index is 1210. The third kappa shape index (κ3) is 3.08. The van der Waals surface area contributed by atoms with Gasteiger partial charge in [0.1, 0.15) is 5.82 Å². The van der Waals surface area contributed by atoms with E-state index in [9.17, 15) is 14.0 Å². The second-order valence-electron chi connectivity index (χ2n) is 6.20. The maximum atomic E-state index is 14.3. The smallest absolute Gasteiger partial charge is 0.336 e. The van der Waals surface area contributed by atoms with E-state index in [4.69, 9.17) is 0 Å². The molecule has 0 aliphatic heterocycles. The van der Waals surface area contributed by atoms with E-state index in [2.05, 4.69) is 4.98 Å². The molecule has 0 N–H and O–H groups in total. The van der Waals surface area contributed by atoms with E-state index in [1.54, 1.807) is 42.9 Å². The SMILES string of the molecule is O=c1c2ccccc2n(CCCn2ccnc2)c(=O)n1-c1ccccc1F. The van der Waals surface area contributed by atoms with Crippen molar-refractivity contribution in [1.29, 1.82) is 0 Å². The molecule has 0 aliphatic carbocycles. The Balaban J connectivity index is 1.86. The number of benzene rings is 2. The van der Waals surface area contributed by atoms with Gasteiger partial charge in [-0.05, 0) is 30.7 Å². The number of halogens is 1. The molecule has 4 aromatic rings. The number of rotatable bonds is 5. The number of hydrogen-bond acceptors (Lipinski definition) is 3. The summed E-state index contributed by atoms with van der Waals surface area (Å²) >= 11 is 0. The molecule has 136 valence electrons. The minimum absolute atomic E-state index is 0.0402. The third-order valence-electron chi connectivity index (χ3n) is 4.50. The Kier molecular flexibility index (Phi) is 4.42. The molecule has 0 spiro atoms. The van der Waals surface area contributed by atoms with Crippen molar-refractivity contribution >= 4 is 10.9 Å². The first-order valence-corrected chi connectivity index (χ1v) is 8.62. The lowest BCUT2D eigenvalue weighted by Gasteiger charge is -2.14. The summed E-state index contributed by atoms with van der Waals surface area (Å²) in [7, 11) is 0. The summed E-state index contributed by atoms with van der Waals surface area (Å²) in [5.74, 6) is -0.614. The maximum absolute atomic E-state index is 14.3. The summed E-state index contributed by atoms with van der Waals surface area (Å²) in [4.78, 5) is 30.0. The Hall–Kier alpha value is -3.48. The van der Waals surface area contributed by atoms with Crippen molar-refractivity contribution in [2.45, 2.75) is 19.5 Å². The van der Waals surface area contributed by atoms with Gasteiger partial charge in [0.15, 0.2) is 0 Å². The lowest BCUT2D eigenvalue weighted by atomic mass is 10.2. The highest BCUT2D eigenvalue weighted by Crippen LogP contribution is 2.13. The highest BCUT2D eigenvalue weighted by molar-refractivity contribution is 5.78. The minimum Gasteiger partial charge on any atom is -0.337 e. The van der Waals surface area contributed by atoms with E-state index in [0.29, 0.717) is 30.4 Å². The van der Waals surface area contributed by atoms with E-state index in [-0.39, 0.29) is 5.69 Å². The van der Waals surface area contributed by atoms with Gasteiger partial charge in [-0.15, -0.1) is 0 Å². The van der Waals surface area contributed by atoms with Crippen LogP contribution in [-0.2, 0) is 13.1 Å². The second-order valence-corrected chi connectivity index (χ2v) is 6.20. The number of para-hydroxylation sites is 2. The molecule has 2 aromatic carbocycles. The molecule has 0 unspecified atom stereocenters. The van der Waals surface area contributed by atoms with Crippen molar-refractivity contribution in [1.82, 2.24) is 18.7 Å². The highest BCUT2D eigenvalue weighted by atomic mass is 19.1. The third-order valence-corrected chi connectivity index (χ3v) is 4.50. The molecule has 7 heteroatoms. The van der Waals surface area contributed by atoms with Crippen LogP contribution in [0.15, 0.2) is 76.8 Å². The van der Waals surface area contributed by atoms with Crippen molar-refractivity contribution in [2.24, 2.45) is 0 Å². The predicted molar refractivity (Wildman–Crippen MR) is 101 cm³/mol. The summed E-state index contributed by atoms with van der Waals surface area (Å²) < 4.78 is 18.6. The standard InChI is InChI=1S/C20H17FN4O2/c21-16-7-2-4-9-18(16)25-19(26)15-6-1-3-8-17(15)24(20(25)27)12-5-11-23-13-10-22-14-23/h1-4,6-10,13-14H,5,11-12H2. The largest absolute Gasteiger partial charge is 0.337 e. The Morgan fingerprint density at radius 3 is 2.52 bits per heavy atom. The lowest BCUT2D eigenvalue weighted by molar-refractivity contribution is 0.545. The second kappa shape index (κ2) is 7.03. The number of hydrogen-bond donors (Lipinski definition) is 0. The molecule has 27 heavy (non-hydrogen) atoms. The van der Waals surface area contributed by atoms with Crippen LogP contribution >= 0.6 is 0 Å². The summed E-state index contributed by atoms with van der Waals surface area (Å²) in [6, 6.07) is 12.7. The summed E-state index contributed by atoms with van der Waals surface area (Å²) in [5, 5.41) is 0.378. The monoisotopic (exact) mass is 364 g/mol. The summed E-state index contributed by atoms with van der Waals surface area (Å²) in [6.07, 6.45) is 5.91. The minimum atomic E-state index is -0.614. The van der Waals surface area contributed by atoms with E-state index >= 15 is 0 Å². The van der Waals surface area contributed by atoms with Crippen molar-refractivity contribution < 1.29 is 4.39 Å². The molecule has 2 aromatic heterocycles. The van der Waals surface area contributed by atoms with E-state index < -0.39 is 17.1 Å². The molecular formula is C20H17FN4O2. The van der Waals surface area contributed by atoms with Crippen LogP contribution < -0.4 is 11.2 Å². The zero-order valence-electron chi connectivity index (χ0n) is 14.5. The van der Waals surface area contributed by atoms with Crippen LogP contribution in [0.4, 0.5) is 4.39 Å². The number of imidazole rings is 1. The number of aromatic nitrogens is 4. The van der Waals surface area contributed by atoms with Gasteiger partial charge in [0.05, 0.1) is 22.9 Å². The predicted octanol–water partition coefficient (Wildman–Crippen LogP) is 2.58. The highest BCUT2D eigenvalue weighted by Gasteiger charge is 2.16. The fourth-order valence-electron chi connectivity index (χ4n) is 3.21. The zero-order valence-corrected chi connectivity index (χ0v) is 14.5. The van der Waals surface area contributed by atoms with Crippen LogP contribution in [0, 0.1) is 5.82 Å². The maximum Gasteiger partial charge on any atom is 0.336 e. The van der Waals surface area contributed by atoms with Gasteiger partial charge in [-0.3, -0.25) is 9.36 Å². The quantitative estimate of drug-likeness (QED) is 0.547. The van der Waals surface area contributed by atoms with Crippen LogP contribution in [0.3, 0.4) is 0 Å². The van der Waals surface area contributed by atoms with Gasteiger partial charge in [-0.2, -0.15) is 0 Å². The average Bonchev–Trinajstić information content (AvgIpc) is 3.19. The average molecular weight is 364 g/mol. The van der Waals surface area contributed by atoms with Crippen LogP contribution in [0.25, 0.3) is 16.6 Å². The van der Waals surface area contributed by atoms with Gasteiger partial charge in [0, 0.05) is 25.5 Å². The first-order chi connectivity index (χ1) is 13.2. The first kappa shape index (κ1) is 17.0. The lowest BCUT2D eigenvalue weighted by Crippen LogP contribution is -2.39. The Morgan fingerprint density at radius 1 is 0.963 bits per heavy atom. The molecule has 0 saturated heterocycles. The van der Waals surface area contributed by atoms with Crippen molar-refractivity contribution in [3.63, 3.8) is 0 Å². The van der Waals surface area contributed by atoms with Crippen LogP contribution in [0.1, 0.15) is 6.42 Å².